The van der Waals surface area contributed by atoms with Crippen molar-refractivity contribution in [1.82, 2.24) is 9.55 Å². The first-order valence-electron chi connectivity index (χ1n) is 6.56. The van der Waals surface area contributed by atoms with Crippen molar-refractivity contribution >= 4 is 16.7 Å². The Morgan fingerprint density at radius 2 is 2.00 bits per heavy atom. The number of nitrogen functional groups attached to an aromatic ring is 1. The van der Waals surface area contributed by atoms with Crippen LogP contribution in [-0.2, 0) is 6.54 Å². The van der Waals surface area contributed by atoms with Gasteiger partial charge in [-0.1, -0.05) is 18.2 Å². The molecule has 0 atom stereocenters. The van der Waals surface area contributed by atoms with E-state index in [-0.39, 0.29) is 17.8 Å². The van der Waals surface area contributed by atoms with E-state index < -0.39 is 5.82 Å². The molecule has 0 unspecified atom stereocenters. The summed E-state index contributed by atoms with van der Waals surface area (Å²) in [4.78, 5) is 16.6. The number of para-hydroxylation sites is 2. The summed E-state index contributed by atoms with van der Waals surface area (Å²) in [5.41, 5.74) is 7.97. The number of fused-ring (bicyclic) bond motifs is 1. The lowest BCUT2D eigenvalue weighted by Gasteiger charge is -2.11. The molecule has 0 bridgehead atoms. The maximum atomic E-state index is 13.6. The van der Waals surface area contributed by atoms with E-state index in [0.29, 0.717) is 11.3 Å². The molecule has 0 aliphatic heterocycles. The number of hydrogen-bond acceptors (Lipinski definition) is 3. The third-order valence-corrected chi connectivity index (χ3v) is 3.42. The van der Waals surface area contributed by atoms with Crippen molar-refractivity contribution in [2.45, 2.75) is 13.5 Å². The molecule has 106 valence electrons. The summed E-state index contributed by atoms with van der Waals surface area (Å²) in [7, 11) is 0. The highest BCUT2D eigenvalue weighted by Gasteiger charge is 2.09. The summed E-state index contributed by atoms with van der Waals surface area (Å²) in [5, 5.41) is 0. The van der Waals surface area contributed by atoms with Gasteiger partial charge in [0.2, 0.25) is 0 Å². The summed E-state index contributed by atoms with van der Waals surface area (Å²) in [5.74, 6) is -0.476. The minimum absolute atomic E-state index is 0.0989. The Labute approximate surface area is 120 Å². The van der Waals surface area contributed by atoms with Crippen LogP contribution in [0.2, 0.25) is 0 Å². The highest BCUT2D eigenvalue weighted by molar-refractivity contribution is 5.74. The number of benzene rings is 2. The van der Waals surface area contributed by atoms with Crippen LogP contribution >= 0.6 is 0 Å². The second kappa shape index (κ2) is 5.01. The van der Waals surface area contributed by atoms with Crippen LogP contribution in [0, 0.1) is 12.7 Å². The molecular weight excluding hydrogens is 269 g/mol. The summed E-state index contributed by atoms with van der Waals surface area (Å²) in [6, 6.07) is 12.0. The summed E-state index contributed by atoms with van der Waals surface area (Å²) in [6.45, 7) is 1.95. The molecule has 3 aromatic rings. The van der Waals surface area contributed by atoms with Crippen molar-refractivity contribution in [2.75, 3.05) is 5.73 Å². The van der Waals surface area contributed by atoms with E-state index in [1.165, 1.54) is 12.1 Å². The Bertz CT molecular complexity index is 886. The molecule has 21 heavy (non-hydrogen) atoms. The molecule has 0 fully saturated rings. The smallest absolute Gasteiger partial charge is 0.272 e. The average Bonchev–Trinajstić information content (AvgIpc) is 2.47. The fourth-order valence-corrected chi connectivity index (χ4v) is 2.33. The van der Waals surface area contributed by atoms with Crippen molar-refractivity contribution in [3.05, 3.63) is 69.9 Å². The monoisotopic (exact) mass is 283 g/mol. The molecule has 0 amide bonds. The normalized spacial score (nSPS) is 11.0. The zero-order valence-electron chi connectivity index (χ0n) is 11.5. The van der Waals surface area contributed by atoms with E-state index in [1.807, 2.05) is 24.3 Å². The quantitative estimate of drug-likeness (QED) is 0.735. The van der Waals surface area contributed by atoms with Gasteiger partial charge in [0.1, 0.15) is 11.5 Å². The lowest BCUT2D eigenvalue weighted by Crippen LogP contribution is -2.24. The maximum Gasteiger partial charge on any atom is 0.272 e. The SMILES string of the molecule is Cc1nc2ccccc2n(Cc2ccc(N)c(F)c2)c1=O. The Hall–Kier alpha value is -2.69. The molecule has 3 rings (SSSR count). The molecule has 0 aliphatic carbocycles. The number of halogens is 1. The first-order valence-corrected chi connectivity index (χ1v) is 6.56. The van der Waals surface area contributed by atoms with Crippen molar-refractivity contribution in [2.24, 2.45) is 0 Å². The van der Waals surface area contributed by atoms with Crippen molar-refractivity contribution in [1.29, 1.82) is 0 Å². The lowest BCUT2D eigenvalue weighted by molar-refractivity contribution is 0.628. The topological polar surface area (TPSA) is 60.9 Å². The number of anilines is 1. The standard InChI is InChI=1S/C16H14FN3O/c1-10-16(21)20(15-5-3-2-4-14(15)19-10)9-11-6-7-13(18)12(17)8-11/h2-8H,9,18H2,1H3. The van der Waals surface area contributed by atoms with Crippen molar-refractivity contribution < 1.29 is 4.39 Å². The molecule has 0 spiro atoms. The van der Waals surface area contributed by atoms with Crippen LogP contribution in [0.3, 0.4) is 0 Å². The fraction of sp³-hybridized carbons (Fsp3) is 0.125. The molecule has 2 aromatic carbocycles. The maximum absolute atomic E-state index is 13.6. The van der Waals surface area contributed by atoms with Crippen LogP contribution in [-0.4, -0.2) is 9.55 Å². The van der Waals surface area contributed by atoms with E-state index in [9.17, 15) is 9.18 Å². The van der Waals surface area contributed by atoms with Crippen LogP contribution in [0.25, 0.3) is 11.0 Å². The van der Waals surface area contributed by atoms with E-state index in [1.54, 1.807) is 17.6 Å². The Morgan fingerprint density at radius 1 is 1.24 bits per heavy atom. The van der Waals surface area contributed by atoms with E-state index in [4.69, 9.17) is 5.73 Å². The molecule has 4 nitrogen and oxygen atoms in total. The van der Waals surface area contributed by atoms with Crippen LogP contribution in [0.5, 0.6) is 0 Å². The predicted molar refractivity (Wildman–Crippen MR) is 80.7 cm³/mol. The summed E-state index contributed by atoms with van der Waals surface area (Å²) < 4.78 is 15.2. The minimum atomic E-state index is -0.476. The second-order valence-corrected chi connectivity index (χ2v) is 4.93. The average molecular weight is 283 g/mol. The Kier molecular flexibility index (Phi) is 3.17. The van der Waals surface area contributed by atoms with Crippen LogP contribution in [0.15, 0.2) is 47.3 Å². The molecule has 2 N–H and O–H groups in total. The zero-order chi connectivity index (χ0) is 15.0. The molecule has 0 radical (unpaired) electrons. The third kappa shape index (κ3) is 2.38. The first kappa shape index (κ1) is 13.3. The zero-order valence-corrected chi connectivity index (χ0v) is 11.5. The van der Waals surface area contributed by atoms with Gasteiger partial charge in [-0.15, -0.1) is 0 Å². The number of nitrogens with zero attached hydrogens (tertiary/aromatic N) is 2. The highest BCUT2D eigenvalue weighted by atomic mass is 19.1. The van der Waals surface area contributed by atoms with Gasteiger partial charge in [-0.3, -0.25) is 4.79 Å². The van der Waals surface area contributed by atoms with E-state index in [0.717, 1.165) is 11.0 Å². The number of aryl methyl sites for hydroxylation is 1. The minimum Gasteiger partial charge on any atom is -0.396 e. The number of nitrogens with two attached hydrogens (primary N) is 1. The number of rotatable bonds is 2. The van der Waals surface area contributed by atoms with Crippen LogP contribution in [0.4, 0.5) is 10.1 Å². The van der Waals surface area contributed by atoms with Gasteiger partial charge in [-0.25, -0.2) is 9.37 Å². The van der Waals surface area contributed by atoms with Crippen LogP contribution < -0.4 is 11.3 Å². The summed E-state index contributed by atoms with van der Waals surface area (Å²) in [6.07, 6.45) is 0. The van der Waals surface area contributed by atoms with Crippen LogP contribution in [0.1, 0.15) is 11.3 Å². The van der Waals surface area contributed by atoms with Gasteiger partial charge in [0.25, 0.3) is 5.56 Å². The van der Waals surface area contributed by atoms with Gasteiger partial charge in [0.15, 0.2) is 0 Å². The molecule has 0 saturated carbocycles. The third-order valence-electron chi connectivity index (χ3n) is 3.42. The largest absolute Gasteiger partial charge is 0.396 e. The number of hydrogen-bond donors (Lipinski definition) is 1. The summed E-state index contributed by atoms with van der Waals surface area (Å²) >= 11 is 0. The highest BCUT2D eigenvalue weighted by Crippen LogP contribution is 2.15. The predicted octanol–water partition coefficient (Wildman–Crippen LogP) is 2.47. The lowest BCUT2D eigenvalue weighted by atomic mass is 10.2. The van der Waals surface area contributed by atoms with Gasteiger partial charge in [0, 0.05) is 0 Å². The number of aromatic nitrogens is 2. The van der Waals surface area contributed by atoms with E-state index in [2.05, 4.69) is 4.98 Å². The molecule has 5 heteroatoms. The fourth-order valence-electron chi connectivity index (χ4n) is 2.33. The Balaban J connectivity index is 2.17. The van der Waals surface area contributed by atoms with Gasteiger partial charge < -0.3 is 10.3 Å². The van der Waals surface area contributed by atoms with Gasteiger partial charge >= 0.3 is 0 Å². The second-order valence-electron chi connectivity index (χ2n) is 4.93. The van der Waals surface area contributed by atoms with Crippen molar-refractivity contribution in [3.8, 4) is 0 Å². The molecule has 1 aromatic heterocycles. The molecule has 1 heterocycles. The van der Waals surface area contributed by atoms with E-state index >= 15 is 0 Å². The van der Waals surface area contributed by atoms with Gasteiger partial charge in [-0.05, 0) is 36.8 Å². The van der Waals surface area contributed by atoms with Gasteiger partial charge in [-0.2, -0.15) is 0 Å². The van der Waals surface area contributed by atoms with Gasteiger partial charge in [0.05, 0.1) is 23.3 Å². The van der Waals surface area contributed by atoms with Crippen molar-refractivity contribution in [3.63, 3.8) is 0 Å². The molecule has 0 saturated heterocycles. The first-order chi connectivity index (χ1) is 10.1. The molecular formula is C16H14FN3O. The molecule has 0 aliphatic rings. The Morgan fingerprint density at radius 3 is 2.76 bits per heavy atom.